The van der Waals surface area contributed by atoms with Crippen LogP contribution in [0, 0.1) is 10.1 Å². The van der Waals surface area contributed by atoms with Crippen molar-refractivity contribution in [3.8, 4) is 0 Å². The molecule has 1 heterocycles. The number of carbonyl (C=O) groups is 1. The van der Waals surface area contributed by atoms with Gasteiger partial charge in [-0.15, -0.1) is 0 Å². The Hall–Kier alpha value is -2.19. The van der Waals surface area contributed by atoms with Crippen LogP contribution in [-0.4, -0.2) is 16.7 Å². The molecule has 3 rings (SSSR count). The Morgan fingerprint density at radius 3 is 2.28 bits per heavy atom. The maximum absolute atomic E-state index is 12.2. The fourth-order valence-electron chi connectivity index (χ4n) is 2.24. The molecule has 0 atom stereocenters. The molecule has 0 aromatic heterocycles. The molecule has 0 unspecified atom stereocenters. The lowest BCUT2D eigenvalue weighted by Crippen LogP contribution is -2.21. The van der Waals surface area contributed by atoms with Crippen molar-refractivity contribution >= 4 is 63.6 Å². The van der Waals surface area contributed by atoms with Crippen molar-refractivity contribution in [2.75, 3.05) is 5.32 Å². The molecule has 0 aliphatic carbocycles. The van der Waals surface area contributed by atoms with Crippen molar-refractivity contribution in [1.29, 1.82) is 0 Å². The average molecular weight is 400 g/mol. The van der Waals surface area contributed by atoms with Gasteiger partial charge in [0.05, 0.1) is 9.93 Å². The first kappa shape index (κ1) is 17.6. The van der Waals surface area contributed by atoms with Gasteiger partial charge in [0, 0.05) is 27.9 Å². The number of anilines is 2. The molecule has 0 bridgehead atoms. The molecule has 1 aliphatic heterocycles. The van der Waals surface area contributed by atoms with Crippen LogP contribution in [0.3, 0.4) is 0 Å². The highest BCUT2D eigenvalue weighted by Gasteiger charge is 2.42. The number of carbonyl (C=O) groups excluding carboxylic acids is 1. The number of rotatable bonds is 3. The van der Waals surface area contributed by atoms with Gasteiger partial charge in [-0.1, -0.05) is 34.8 Å². The molecule has 1 amide bonds. The number of amidine groups is 1. The Balaban J connectivity index is 1.84. The van der Waals surface area contributed by atoms with Crippen LogP contribution in [-0.2, 0) is 4.79 Å². The van der Waals surface area contributed by atoms with E-state index in [1.807, 2.05) is 0 Å². The smallest absolute Gasteiger partial charge is 0.339 e. The number of halogens is 3. The van der Waals surface area contributed by atoms with Crippen LogP contribution in [0.5, 0.6) is 0 Å². The predicted octanol–water partition coefficient (Wildman–Crippen LogP) is 4.68. The first-order chi connectivity index (χ1) is 11.8. The lowest BCUT2D eigenvalue weighted by Gasteiger charge is -2.03. The minimum absolute atomic E-state index is 0.00622. The van der Waals surface area contributed by atoms with E-state index in [0.29, 0.717) is 16.5 Å². The second-order valence-electron chi connectivity index (χ2n) is 5.08. The van der Waals surface area contributed by atoms with Crippen LogP contribution in [0.2, 0.25) is 15.1 Å². The number of non-ortho nitro benzene ring substituents is 1. The first-order valence-corrected chi connectivity index (χ1v) is 8.05. The number of nitro groups is 1. The number of benzene rings is 2. The molecule has 2 aromatic carbocycles. The van der Waals surface area contributed by atoms with E-state index in [9.17, 15) is 14.9 Å². The molecule has 10 heteroatoms. The van der Waals surface area contributed by atoms with Crippen LogP contribution in [0.1, 0.15) is 6.42 Å². The van der Waals surface area contributed by atoms with Crippen molar-refractivity contribution in [3.63, 3.8) is 0 Å². The fraction of sp³-hybridized carbons (Fsp3) is 0.0667. The second kappa shape index (κ2) is 6.97. The van der Waals surface area contributed by atoms with Gasteiger partial charge in [-0.05, 0) is 24.3 Å². The Kier molecular flexibility index (Phi) is 4.91. The molecule has 1 aliphatic rings. The lowest BCUT2D eigenvalue weighted by atomic mass is 10.2. The topological polar surface area (TPSA) is 90.5 Å². The molecule has 7 nitrogen and oxygen atoms in total. The summed E-state index contributed by atoms with van der Waals surface area (Å²) in [5.74, 6) is 0.0384. The summed E-state index contributed by atoms with van der Waals surface area (Å²) in [6.45, 7) is 0. The number of nitrogens with zero attached hydrogens (tertiary/aromatic N) is 3. The quantitative estimate of drug-likeness (QED) is 0.461. The van der Waals surface area contributed by atoms with Crippen molar-refractivity contribution in [2.24, 2.45) is 5.10 Å². The Morgan fingerprint density at radius 1 is 1.12 bits per heavy atom. The van der Waals surface area contributed by atoms with Crippen molar-refractivity contribution in [3.05, 3.63) is 61.6 Å². The minimum Gasteiger partial charge on any atom is -0.339 e. The van der Waals surface area contributed by atoms with E-state index in [1.165, 1.54) is 36.4 Å². The summed E-state index contributed by atoms with van der Waals surface area (Å²) in [6, 6.07) is 8.69. The molecule has 0 saturated carbocycles. The summed E-state index contributed by atoms with van der Waals surface area (Å²) in [5, 5.41) is 19.6. The fourth-order valence-corrected chi connectivity index (χ4v) is 3.22. The van der Waals surface area contributed by atoms with Crippen molar-refractivity contribution in [1.82, 2.24) is 5.01 Å². The number of amides is 1. The van der Waals surface area contributed by atoms with E-state index >= 15 is 0 Å². The monoisotopic (exact) mass is 398 g/mol. The average Bonchev–Trinajstić information content (AvgIpc) is 2.87. The molecule has 25 heavy (non-hydrogen) atoms. The van der Waals surface area contributed by atoms with E-state index in [-0.39, 0.29) is 33.7 Å². The normalized spacial score (nSPS) is 14.5. The Morgan fingerprint density at radius 2 is 1.72 bits per heavy atom. The number of hydrogen-bond donors (Lipinski definition) is 1. The SMILES string of the molecule is O=C1CC(Nc2ccc([N+](=O)[O-])cc2)=N[N+]1c1c(Cl)cc(Cl)cc1Cl. The standard InChI is InChI=1S/C15H9Cl3N4O3/c16-8-5-11(17)15(12(18)6-8)21-14(23)7-13(20-21)19-9-1-3-10(4-2-9)22(24)25/h1-6H,7H2,(H,19,20)/q+1. The number of nitrogens with one attached hydrogen (secondary N) is 1. The van der Waals surface area contributed by atoms with Crippen LogP contribution < -0.4 is 10.3 Å². The molecular formula is C15H9Cl3N4O3+. The largest absolute Gasteiger partial charge is 0.404 e. The second-order valence-corrected chi connectivity index (χ2v) is 6.33. The van der Waals surface area contributed by atoms with E-state index in [2.05, 4.69) is 10.4 Å². The van der Waals surface area contributed by atoms with Crippen molar-refractivity contribution < 1.29 is 9.72 Å². The third-order valence-corrected chi connectivity index (χ3v) is 4.13. The highest BCUT2D eigenvalue weighted by atomic mass is 35.5. The number of nitro benzene ring substituents is 1. The predicted molar refractivity (Wildman–Crippen MR) is 97.0 cm³/mol. The van der Waals surface area contributed by atoms with Gasteiger partial charge >= 0.3 is 5.91 Å². The van der Waals surface area contributed by atoms with Gasteiger partial charge in [-0.3, -0.25) is 10.1 Å². The van der Waals surface area contributed by atoms with Crippen LogP contribution in [0.25, 0.3) is 0 Å². The molecule has 1 N–H and O–H groups in total. The van der Waals surface area contributed by atoms with E-state index in [1.54, 1.807) is 0 Å². The highest BCUT2D eigenvalue weighted by molar-refractivity contribution is 6.42. The van der Waals surface area contributed by atoms with Crippen LogP contribution in [0.15, 0.2) is 41.5 Å². The van der Waals surface area contributed by atoms with E-state index in [4.69, 9.17) is 34.8 Å². The van der Waals surface area contributed by atoms with Gasteiger partial charge in [0.25, 0.3) is 11.4 Å². The number of hydrazone groups is 1. The maximum Gasteiger partial charge on any atom is 0.404 e. The zero-order valence-corrected chi connectivity index (χ0v) is 14.6. The highest BCUT2D eigenvalue weighted by Crippen LogP contribution is 2.38. The summed E-state index contributed by atoms with van der Waals surface area (Å²) < 4.78 is 0. The van der Waals surface area contributed by atoms with Gasteiger partial charge in [-0.2, -0.15) is 0 Å². The summed E-state index contributed by atoms with van der Waals surface area (Å²) in [5.41, 5.74) is 0.780. The van der Waals surface area contributed by atoms with E-state index < -0.39 is 4.92 Å². The molecule has 1 radical (unpaired) electrons. The molecule has 0 fully saturated rings. The summed E-state index contributed by atoms with van der Waals surface area (Å²) >= 11 is 18.1. The third kappa shape index (κ3) is 3.74. The Bertz CT molecular complexity index is 876. The third-order valence-electron chi connectivity index (χ3n) is 3.34. The van der Waals surface area contributed by atoms with Gasteiger partial charge in [0.15, 0.2) is 5.84 Å². The molecule has 2 aromatic rings. The van der Waals surface area contributed by atoms with Gasteiger partial charge in [0.1, 0.15) is 16.5 Å². The molecule has 0 spiro atoms. The zero-order valence-electron chi connectivity index (χ0n) is 12.4. The van der Waals surface area contributed by atoms with Crippen molar-refractivity contribution in [2.45, 2.75) is 6.42 Å². The van der Waals surface area contributed by atoms with Crippen LogP contribution in [0.4, 0.5) is 17.1 Å². The molecular weight excluding hydrogens is 391 g/mol. The summed E-state index contributed by atoms with van der Waals surface area (Å²) in [4.78, 5) is 22.4. The zero-order chi connectivity index (χ0) is 18.1. The maximum atomic E-state index is 12.2. The van der Waals surface area contributed by atoms with Gasteiger partial charge < -0.3 is 5.32 Å². The molecule has 0 saturated heterocycles. The summed E-state index contributed by atoms with van der Waals surface area (Å²) in [7, 11) is 0. The molecule has 127 valence electrons. The van der Waals surface area contributed by atoms with Gasteiger partial charge in [0.2, 0.25) is 0 Å². The Labute approximate surface area is 156 Å². The first-order valence-electron chi connectivity index (χ1n) is 6.91. The lowest BCUT2D eigenvalue weighted by molar-refractivity contribution is -0.384. The van der Waals surface area contributed by atoms with E-state index in [0.717, 1.165) is 5.01 Å². The van der Waals surface area contributed by atoms with Crippen LogP contribution >= 0.6 is 34.8 Å². The number of hydrogen-bond acceptors (Lipinski definition) is 5. The minimum atomic E-state index is -0.493. The van der Waals surface area contributed by atoms with Gasteiger partial charge in [-0.25, -0.2) is 4.79 Å². The summed E-state index contributed by atoms with van der Waals surface area (Å²) in [6.07, 6.45) is 0.00622.